The second-order valence-electron chi connectivity index (χ2n) is 6.15. The second kappa shape index (κ2) is 9.50. The summed E-state index contributed by atoms with van der Waals surface area (Å²) in [5.74, 6) is -1.18. The number of hydrogen-bond acceptors (Lipinski definition) is 5. The van der Waals surface area contributed by atoms with Gasteiger partial charge in [0.2, 0.25) is 0 Å². The highest BCUT2D eigenvalue weighted by molar-refractivity contribution is 5.99. The van der Waals surface area contributed by atoms with Gasteiger partial charge in [0.15, 0.2) is 24.0 Å². The molecule has 0 aliphatic rings. The molecule has 0 unspecified atom stereocenters. The van der Waals surface area contributed by atoms with Crippen LogP contribution in [0.5, 0.6) is 11.5 Å². The van der Waals surface area contributed by atoms with E-state index in [9.17, 15) is 14.0 Å². The van der Waals surface area contributed by atoms with Gasteiger partial charge in [-0.1, -0.05) is 30.3 Å². The van der Waals surface area contributed by atoms with Gasteiger partial charge < -0.3 is 14.2 Å². The Balaban J connectivity index is 1.52. The molecule has 3 aromatic carbocycles. The number of esters is 1. The molecule has 0 fully saturated rings. The molecule has 0 radical (unpaired) electrons. The van der Waals surface area contributed by atoms with Gasteiger partial charge in [-0.05, 0) is 48.0 Å². The van der Waals surface area contributed by atoms with E-state index in [-0.39, 0.29) is 16.9 Å². The lowest BCUT2D eigenvalue weighted by Crippen LogP contribution is -2.14. The quantitative estimate of drug-likeness (QED) is 0.417. The maximum absolute atomic E-state index is 13.7. The summed E-state index contributed by atoms with van der Waals surface area (Å²) in [5, 5.41) is 0. The fraction of sp³-hybridized carbons (Fsp3) is 0.130. The number of carbonyl (C=O) groups is 2. The van der Waals surface area contributed by atoms with Gasteiger partial charge in [0.1, 0.15) is 12.4 Å². The first-order valence-electron chi connectivity index (χ1n) is 8.87. The fourth-order valence-electron chi connectivity index (χ4n) is 2.57. The van der Waals surface area contributed by atoms with Crippen molar-refractivity contribution in [2.45, 2.75) is 6.61 Å². The second-order valence-corrected chi connectivity index (χ2v) is 6.15. The standard InChI is InChI=1S/C23H19FO5/c1-27-22-12-9-18(13-20(22)24)21(25)15-29-23(26)17-7-10-19(11-8-17)28-14-16-5-3-2-4-6-16/h2-13H,14-15H2,1H3. The Morgan fingerprint density at radius 1 is 0.897 bits per heavy atom. The van der Waals surface area contributed by atoms with Gasteiger partial charge in [-0.15, -0.1) is 0 Å². The van der Waals surface area contributed by atoms with Crippen LogP contribution in [0, 0.1) is 5.82 Å². The van der Waals surface area contributed by atoms with Crippen molar-refractivity contribution in [3.8, 4) is 11.5 Å². The third-order valence-electron chi connectivity index (χ3n) is 4.15. The molecule has 0 amide bonds. The first-order valence-corrected chi connectivity index (χ1v) is 8.87. The average molecular weight is 394 g/mol. The molecular formula is C23H19FO5. The molecule has 0 spiro atoms. The van der Waals surface area contributed by atoms with Crippen LogP contribution in [-0.2, 0) is 11.3 Å². The van der Waals surface area contributed by atoms with Crippen molar-refractivity contribution in [3.63, 3.8) is 0 Å². The van der Waals surface area contributed by atoms with Gasteiger partial charge >= 0.3 is 5.97 Å². The molecule has 3 aromatic rings. The number of methoxy groups -OCH3 is 1. The van der Waals surface area contributed by atoms with Crippen molar-refractivity contribution >= 4 is 11.8 Å². The van der Waals surface area contributed by atoms with Gasteiger partial charge in [0.05, 0.1) is 12.7 Å². The minimum atomic E-state index is -0.657. The third-order valence-corrected chi connectivity index (χ3v) is 4.15. The van der Waals surface area contributed by atoms with E-state index in [0.717, 1.165) is 11.6 Å². The molecule has 6 heteroatoms. The summed E-state index contributed by atoms with van der Waals surface area (Å²) >= 11 is 0. The molecule has 29 heavy (non-hydrogen) atoms. The van der Waals surface area contributed by atoms with E-state index in [1.54, 1.807) is 24.3 Å². The first kappa shape index (κ1) is 20.1. The maximum Gasteiger partial charge on any atom is 0.338 e. The molecular weight excluding hydrogens is 375 g/mol. The summed E-state index contributed by atoms with van der Waals surface area (Å²) in [5.41, 5.74) is 1.41. The highest BCUT2D eigenvalue weighted by atomic mass is 19.1. The van der Waals surface area contributed by atoms with E-state index in [1.807, 2.05) is 30.3 Å². The lowest BCUT2D eigenvalue weighted by Gasteiger charge is -2.08. The number of ketones is 1. The summed E-state index contributed by atoms with van der Waals surface area (Å²) in [6.45, 7) is -0.0750. The summed E-state index contributed by atoms with van der Waals surface area (Å²) in [6, 6.07) is 19.9. The Morgan fingerprint density at radius 2 is 1.59 bits per heavy atom. The Bertz CT molecular complexity index is 984. The molecule has 0 saturated heterocycles. The van der Waals surface area contributed by atoms with Crippen LogP contribution in [0.2, 0.25) is 0 Å². The number of carbonyl (C=O) groups excluding carboxylic acids is 2. The number of halogens is 1. The van der Waals surface area contributed by atoms with Gasteiger partial charge in [0.25, 0.3) is 0 Å². The van der Waals surface area contributed by atoms with Gasteiger partial charge in [0, 0.05) is 5.56 Å². The molecule has 3 rings (SSSR count). The van der Waals surface area contributed by atoms with E-state index >= 15 is 0 Å². The molecule has 0 N–H and O–H groups in total. The molecule has 0 aliphatic heterocycles. The smallest absolute Gasteiger partial charge is 0.338 e. The van der Waals surface area contributed by atoms with Crippen LogP contribution in [0.15, 0.2) is 72.8 Å². The highest BCUT2D eigenvalue weighted by Gasteiger charge is 2.14. The van der Waals surface area contributed by atoms with E-state index in [0.29, 0.717) is 12.4 Å². The third kappa shape index (κ3) is 5.42. The molecule has 5 nitrogen and oxygen atoms in total. The van der Waals surface area contributed by atoms with Crippen molar-refractivity contribution in [3.05, 3.63) is 95.3 Å². The van der Waals surface area contributed by atoms with Crippen LogP contribution < -0.4 is 9.47 Å². The SMILES string of the molecule is COc1ccc(C(=O)COC(=O)c2ccc(OCc3ccccc3)cc2)cc1F. The molecule has 0 heterocycles. The van der Waals surface area contributed by atoms with Crippen LogP contribution >= 0.6 is 0 Å². The van der Waals surface area contributed by atoms with E-state index in [2.05, 4.69) is 0 Å². The lowest BCUT2D eigenvalue weighted by atomic mass is 10.1. The number of benzene rings is 3. The largest absolute Gasteiger partial charge is 0.494 e. The first-order chi connectivity index (χ1) is 14.1. The van der Waals surface area contributed by atoms with Crippen molar-refractivity contribution in [2.24, 2.45) is 0 Å². The molecule has 0 bridgehead atoms. The fourth-order valence-corrected chi connectivity index (χ4v) is 2.57. The Kier molecular flexibility index (Phi) is 6.58. The number of ether oxygens (including phenoxy) is 3. The topological polar surface area (TPSA) is 61.8 Å². The summed E-state index contributed by atoms with van der Waals surface area (Å²) in [7, 11) is 1.33. The number of hydrogen-bond donors (Lipinski definition) is 0. The molecule has 0 saturated carbocycles. The minimum absolute atomic E-state index is 0.0353. The Hall–Kier alpha value is -3.67. The van der Waals surface area contributed by atoms with Gasteiger partial charge in [-0.25, -0.2) is 9.18 Å². The zero-order chi connectivity index (χ0) is 20.6. The predicted octanol–water partition coefficient (Wildman–Crippen LogP) is 4.45. The monoisotopic (exact) mass is 394 g/mol. The molecule has 148 valence electrons. The normalized spacial score (nSPS) is 10.3. The van der Waals surface area contributed by atoms with Crippen LogP contribution in [0.25, 0.3) is 0 Å². The van der Waals surface area contributed by atoms with Crippen LogP contribution in [-0.4, -0.2) is 25.5 Å². The lowest BCUT2D eigenvalue weighted by molar-refractivity contribution is 0.0474. The average Bonchev–Trinajstić information content (AvgIpc) is 2.76. The molecule has 0 atom stereocenters. The minimum Gasteiger partial charge on any atom is -0.494 e. The van der Waals surface area contributed by atoms with E-state index < -0.39 is 24.2 Å². The van der Waals surface area contributed by atoms with Crippen molar-refractivity contribution < 1.29 is 28.2 Å². The van der Waals surface area contributed by atoms with Crippen molar-refractivity contribution in [2.75, 3.05) is 13.7 Å². The highest BCUT2D eigenvalue weighted by Crippen LogP contribution is 2.18. The van der Waals surface area contributed by atoms with Crippen LogP contribution in [0.1, 0.15) is 26.3 Å². The van der Waals surface area contributed by atoms with Crippen LogP contribution in [0.3, 0.4) is 0 Å². The summed E-state index contributed by atoms with van der Waals surface area (Å²) in [4.78, 5) is 24.2. The predicted molar refractivity (Wildman–Crippen MR) is 105 cm³/mol. The Labute approximate surface area is 167 Å². The maximum atomic E-state index is 13.7. The van der Waals surface area contributed by atoms with Crippen molar-refractivity contribution in [1.29, 1.82) is 0 Å². The number of rotatable bonds is 8. The van der Waals surface area contributed by atoms with Gasteiger partial charge in [-0.3, -0.25) is 4.79 Å². The Morgan fingerprint density at radius 3 is 2.24 bits per heavy atom. The molecule has 0 aliphatic carbocycles. The van der Waals surface area contributed by atoms with E-state index in [4.69, 9.17) is 14.2 Å². The zero-order valence-electron chi connectivity index (χ0n) is 15.8. The van der Waals surface area contributed by atoms with Crippen LogP contribution in [0.4, 0.5) is 4.39 Å². The molecule has 0 aromatic heterocycles. The number of Topliss-reactive ketones (excluding diaryl/α,β-unsaturated/α-hetero) is 1. The summed E-state index contributed by atoms with van der Waals surface area (Å²) in [6.07, 6.45) is 0. The van der Waals surface area contributed by atoms with Crippen molar-refractivity contribution in [1.82, 2.24) is 0 Å². The summed E-state index contributed by atoms with van der Waals surface area (Å²) < 4.78 is 29.2. The van der Waals surface area contributed by atoms with Gasteiger partial charge in [-0.2, -0.15) is 0 Å². The van der Waals surface area contributed by atoms with E-state index in [1.165, 1.54) is 19.2 Å². The zero-order valence-corrected chi connectivity index (χ0v) is 15.8.